The summed E-state index contributed by atoms with van der Waals surface area (Å²) in [5, 5.41) is 18.1. The molecule has 0 bridgehead atoms. The number of ether oxygens (including phenoxy) is 3. The van der Waals surface area contributed by atoms with E-state index in [1.54, 1.807) is 18.2 Å². The molecule has 0 unspecified atom stereocenters. The molecule has 0 atom stereocenters. The summed E-state index contributed by atoms with van der Waals surface area (Å²) in [4.78, 5) is 34.9. The first-order valence-electron chi connectivity index (χ1n) is 9.50. The highest BCUT2D eigenvalue weighted by molar-refractivity contribution is 6.09. The lowest BCUT2D eigenvalue weighted by atomic mass is 10.1. The Kier molecular flexibility index (Phi) is 9.00. The molecule has 0 aliphatic heterocycles. The highest BCUT2D eigenvalue weighted by Gasteiger charge is 2.15. The largest absolute Gasteiger partial charge is 0.492 e. The van der Waals surface area contributed by atoms with Crippen molar-refractivity contribution in [2.75, 3.05) is 26.4 Å². The monoisotopic (exact) mass is 441 g/mol. The summed E-state index contributed by atoms with van der Waals surface area (Å²) in [5.41, 5.74) is 5.87. The highest BCUT2D eigenvalue weighted by atomic mass is 16.5. The van der Waals surface area contributed by atoms with Crippen LogP contribution in [0.15, 0.2) is 55.1 Å². The molecule has 0 aliphatic rings. The average molecular weight is 441 g/mol. The van der Waals surface area contributed by atoms with E-state index in [0.717, 1.165) is 0 Å². The summed E-state index contributed by atoms with van der Waals surface area (Å²) in [5.74, 6) is -2.23. The van der Waals surface area contributed by atoms with Crippen LogP contribution in [0.4, 0.5) is 0 Å². The van der Waals surface area contributed by atoms with Gasteiger partial charge in [-0.3, -0.25) is 4.79 Å². The van der Waals surface area contributed by atoms with E-state index in [-0.39, 0.29) is 30.1 Å². The fourth-order valence-corrected chi connectivity index (χ4v) is 2.59. The van der Waals surface area contributed by atoms with Gasteiger partial charge < -0.3 is 30.2 Å². The molecule has 0 saturated heterocycles. The topological polar surface area (TPSA) is 145 Å². The second-order valence-electron chi connectivity index (χ2n) is 6.34. The zero-order valence-corrected chi connectivity index (χ0v) is 17.2. The molecule has 0 saturated carbocycles. The molecule has 2 aromatic carbocycles. The van der Waals surface area contributed by atoms with Gasteiger partial charge in [-0.05, 0) is 42.0 Å². The molecule has 4 N–H and O–H groups in total. The minimum absolute atomic E-state index is 0.0896. The number of hydrogen-bond donors (Lipinski definition) is 3. The van der Waals surface area contributed by atoms with Crippen molar-refractivity contribution in [2.24, 2.45) is 5.73 Å². The molecule has 9 nitrogen and oxygen atoms in total. The van der Waals surface area contributed by atoms with Gasteiger partial charge in [-0.1, -0.05) is 24.8 Å². The minimum Gasteiger partial charge on any atom is -0.492 e. The number of aliphatic carboxylic acids is 1. The number of nitrogens with two attached hydrogens (primary N) is 1. The Balaban J connectivity index is 2.29. The number of benzene rings is 2. The minimum atomic E-state index is -1.29. The van der Waals surface area contributed by atoms with Crippen molar-refractivity contribution in [3.8, 4) is 17.2 Å². The maximum atomic E-state index is 12.8. The van der Waals surface area contributed by atoms with Crippen molar-refractivity contribution >= 4 is 23.8 Å². The summed E-state index contributed by atoms with van der Waals surface area (Å²) < 4.78 is 16.0. The summed E-state index contributed by atoms with van der Waals surface area (Å²) in [7, 11) is 0. The maximum Gasteiger partial charge on any atom is 0.341 e. The Labute approximate surface area is 184 Å². The molecule has 2 rings (SSSR count). The van der Waals surface area contributed by atoms with Crippen LogP contribution in [0, 0.1) is 0 Å². The number of rotatable bonds is 13. The third-order valence-electron chi connectivity index (χ3n) is 3.97. The summed E-state index contributed by atoms with van der Waals surface area (Å²) in [6.45, 7) is 3.71. The van der Waals surface area contributed by atoms with Crippen LogP contribution in [0.2, 0.25) is 0 Å². The molecular weight excluding hydrogens is 418 g/mol. The van der Waals surface area contributed by atoms with Crippen molar-refractivity contribution < 1.29 is 38.8 Å². The second-order valence-corrected chi connectivity index (χ2v) is 6.34. The Morgan fingerprint density at radius 1 is 0.969 bits per heavy atom. The Morgan fingerprint density at radius 3 is 2.34 bits per heavy atom. The van der Waals surface area contributed by atoms with Gasteiger partial charge in [0, 0.05) is 6.54 Å². The third kappa shape index (κ3) is 6.99. The quantitative estimate of drug-likeness (QED) is 0.242. The summed E-state index contributed by atoms with van der Waals surface area (Å²) in [6.07, 6.45) is 4.24. The van der Waals surface area contributed by atoms with E-state index in [0.29, 0.717) is 23.6 Å². The first kappa shape index (κ1) is 24.2. The van der Waals surface area contributed by atoms with Crippen LogP contribution < -0.4 is 19.9 Å². The number of carboxylic acids is 2. The van der Waals surface area contributed by atoms with Gasteiger partial charge in [-0.2, -0.15) is 0 Å². The van der Waals surface area contributed by atoms with E-state index < -0.39 is 24.3 Å². The Bertz CT molecular complexity index is 1030. The zero-order chi connectivity index (χ0) is 23.5. The van der Waals surface area contributed by atoms with Gasteiger partial charge >= 0.3 is 11.9 Å². The molecular formula is C23H23NO8. The van der Waals surface area contributed by atoms with E-state index in [4.69, 9.17) is 25.1 Å². The van der Waals surface area contributed by atoms with Crippen molar-refractivity contribution in [1.29, 1.82) is 0 Å². The molecule has 0 aromatic heterocycles. The average Bonchev–Trinajstić information content (AvgIpc) is 2.78. The molecule has 0 fully saturated rings. The van der Waals surface area contributed by atoms with Crippen LogP contribution in [-0.4, -0.2) is 54.3 Å². The number of carboxylic acid groups (broad SMARTS) is 2. The van der Waals surface area contributed by atoms with Crippen molar-refractivity contribution in [2.45, 2.75) is 0 Å². The summed E-state index contributed by atoms with van der Waals surface area (Å²) in [6, 6.07) is 8.91. The maximum absolute atomic E-state index is 12.8. The number of aromatic carboxylic acids is 1. The number of carbonyl (C=O) groups excluding carboxylic acids is 1. The first-order valence-corrected chi connectivity index (χ1v) is 9.50. The van der Waals surface area contributed by atoms with Gasteiger partial charge in [-0.25, -0.2) is 9.59 Å². The van der Waals surface area contributed by atoms with Crippen LogP contribution >= 0.6 is 0 Å². The van der Waals surface area contributed by atoms with E-state index in [2.05, 4.69) is 6.58 Å². The Hall–Kier alpha value is -4.11. The van der Waals surface area contributed by atoms with Gasteiger partial charge in [0.25, 0.3) is 0 Å². The molecule has 0 spiro atoms. The van der Waals surface area contributed by atoms with Gasteiger partial charge in [0.05, 0.1) is 5.56 Å². The van der Waals surface area contributed by atoms with Crippen LogP contribution in [0.3, 0.4) is 0 Å². The fourth-order valence-electron chi connectivity index (χ4n) is 2.59. The summed E-state index contributed by atoms with van der Waals surface area (Å²) >= 11 is 0. The van der Waals surface area contributed by atoms with Gasteiger partial charge in [-0.15, -0.1) is 0 Å². The molecule has 168 valence electrons. The van der Waals surface area contributed by atoms with Crippen molar-refractivity contribution in [3.05, 3.63) is 71.8 Å². The molecule has 0 amide bonds. The molecule has 0 heterocycles. The first-order chi connectivity index (χ1) is 15.3. The fraction of sp³-hybridized carbons (Fsp3) is 0.174. The predicted octanol–water partition coefficient (Wildman–Crippen LogP) is 2.65. The number of hydrogen-bond acceptors (Lipinski definition) is 7. The normalized spacial score (nSPS) is 10.5. The standard InChI is InChI=1S/C23H23NO8/c1-2-10-31-20-8-5-16(30-11-9-24)13-17(20)19(25)6-3-15-4-7-21(32-14-22(26)27)18(12-15)23(28)29/h2-8,12-13H,1,9-11,14,24H2,(H,26,27)(H,28,29). The molecule has 2 aromatic rings. The molecule has 9 heteroatoms. The van der Waals surface area contributed by atoms with E-state index in [9.17, 15) is 19.5 Å². The van der Waals surface area contributed by atoms with Gasteiger partial charge in [0.15, 0.2) is 12.4 Å². The molecule has 32 heavy (non-hydrogen) atoms. The Morgan fingerprint density at radius 2 is 1.69 bits per heavy atom. The smallest absolute Gasteiger partial charge is 0.341 e. The van der Waals surface area contributed by atoms with E-state index >= 15 is 0 Å². The SMILES string of the molecule is C=CCOc1ccc(OCCN)cc1C(=O)C=Cc1ccc(OCC(=O)O)c(C(=O)O)c1. The molecule has 0 aliphatic carbocycles. The van der Waals surface area contributed by atoms with E-state index in [1.165, 1.54) is 36.4 Å². The number of ketones is 1. The van der Waals surface area contributed by atoms with Gasteiger partial charge in [0.1, 0.15) is 36.0 Å². The van der Waals surface area contributed by atoms with Crippen molar-refractivity contribution in [3.63, 3.8) is 0 Å². The lowest BCUT2D eigenvalue weighted by Crippen LogP contribution is -2.12. The highest BCUT2D eigenvalue weighted by Crippen LogP contribution is 2.26. The van der Waals surface area contributed by atoms with Crippen LogP contribution in [0.5, 0.6) is 17.2 Å². The second kappa shape index (κ2) is 11.9. The zero-order valence-electron chi connectivity index (χ0n) is 17.2. The number of allylic oxidation sites excluding steroid dienone is 1. The molecule has 0 radical (unpaired) electrons. The lowest BCUT2D eigenvalue weighted by molar-refractivity contribution is -0.139. The van der Waals surface area contributed by atoms with Crippen LogP contribution in [0.25, 0.3) is 6.08 Å². The van der Waals surface area contributed by atoms with Crippen molar-refractivity contribution in [1.82, 2.24) is 0 Å². The van der Waals surface area contributed by atoms with E-state index in [1.807, 2.05) is 0 Å². The number of carbonyl (C=O) groups is 3. The third-order valence-corrected chi connectivity index (χ3v) is 3.97. The van der Waals surface area contributed by atoms with Crippen LogP contribution in [-0.2, 0) is 4.79 Å². The van der Waals surface area contributed by atoms with Gasteiger partial charge in [0.2, 0.25) is 0 Å². The lowest BCUT2D eigenvalue weighted by Gasteiger charge is -2.11. The predicted molar refractivity (Wildman–Crippen MR) is 117 cm³/mol. The van der Waals surface area contributed by atoms with Crippen LogP contribution in [0.1, 0.15) is 26.3 Å².